The maximum Gasteiger partial charge on any atom is 0.389 e. The van der Waals surface area contributed by atoms with Crippen LogP contribution in [0.3, 0.4) is 0 Å². The fraction of sp³-hybridized carbons (Fsp3) is 0.696. The molecule has 0 aromatic heterocycles. The van der Waals surface area contributed by atoms with Gasteiger partial charge in [0.05, 0.1) is 12.2 Å². The lowest BCUT2D eigenvalue weighted by Gasteiger charge is -2.08. The summed E-state index contributed by atoms with van der Waals surface area (Å²) in [6.07, 6.45) is 4.46. The molecule has 0 aliphatic rings. The Morgan fingerprint density at radius 3 is 1.97 bits per heavy atom. The fourth-order valence-corrected chi connectivity index (χ4v) is 3.10. The van der Waals surface area contributed by atoms with Gasteiger partial charge in [0.15, 0.2) is 0 Å². The zero-order chi connectivity index (χ0) is 22.1. The molecule has 0 aliphatic heterocycles. The van der Waals surface area contributed by atoms with Gasteiger partial charge in [-0.3, -0.25) is 0 Å². The lowest BCUT2D eigenvalue weighted by Crippen LogP contribution is -2.08. The molecule has 1 N–H and O–H groups in total. The van der Waals surface area contributed by atoms with E-state index in [1.165, 1.54) is 0 Å². The molecular formula is C23H36F3NO3. The molecule has 1 aromatic carbocycles. The topological polar surface area (TPSA) is 47.6 Å². The van der Waals surface area contributed by atoms with Crippen LogP contribution in [0.2, 0.25) is 0 Å². The number of rotatable bonds is 17. The number of benzene rings is 1. The quantitative estimate of drug-likeness (QED) is 0.219. The molecule has 172 valence electrons. The predicted octanol–water partition coefficient (Wildman–Crippen LogP) is 6.76. The number of halogens is 3. The van der Waals surface area contributed by atoms with Crippen LogP contribution in [0.15, 0.2) is 24.3 Å². The molecule has 1 rings (SSSR count). The number of anilines is 1. The van der Waals surface area contributed by atoms with Crippen molar-refractivity contribution in [2.45, 2.75) is 76.8 Å². The van der Waals surface area contributed by atoms with Crippen LogP contribution in [0.5, 0.6) is 0 Å². The van der Waals surface area contributed by atoms with E-state index in [0.717, 1.165) is 57.2 Å². The minimum atomic E-state index is -4.01. The van der Waals surface area contributed by atoms with E-state index in [-0.39, 0.29) is 12.4 Å². The molecule has 0 radical (unpaired) electrons. The normalized spacial score (nSPS) is 11.5. The largest absolute Gasteiger partial charge is 0.462 e. The number of esters is 1. The maximum atomic E-state index is 12.0. The van der Waals surface area contributed by atoms with Crippen molar-refractivity contribution >= 4 is 11.7 Å². The lowest BCUT2D eigenvalue weighted by molar-refractivity contribution is -0.135. The van der Waals surface area contributed by atoms with E-state index >= 15 is 0 Å². The van der Waals surface area contributed by atoms with Crippen LogP contribution < -0.4 is 5.32 Å². The van der Waals surface area contributed by atoms with Crippen molar-refractivity contribution in [3.05, 3.63) is 29.8 Å². The van der Waals surface area contributed by atoms with Gasteiger partial charge in [-0.1, -0.05) is 44.9 Å². The van der Waals surface area contributed by atoms with Crippen molar-refractivity contribution in [1.82, 2.24) is 0 Å². The van der Waals surface area contributed by atoms with Crippen molar-refractivity contribution in [1.29, 1.82) is 0 Å². The summed E-state index contributed by atoms with van der Waals surface area (Å²) in [6.45, 7) is 1.80. The Morgan fingerprint density at radius 1 is 0.833 bits per heavy atom. The van der Waals surface area contributed by atoms with E-state index in [0.29, 0.717) is 31.6 Å². The smallest absolute Gasteiger partial charge is 0.389 e. The SMILES string of the molecule is COCCCOC(=O)c1ccc(NCCCCCCCCCCCC(F)(F)F)cc1. The second kappa shape index (κ2) is 16.0. The van der Waals surface area contributed by atoms with Gasteiger partial charge in [0.2, 0.25) is 0 Å². The zero-order valence-corrected chi connectivity index (χ0v) is 18.1. The Bertz CT molecular complexity index is 562. The minimum Gasteiger partial charge on any atom is -0.462 e. The number of methoxy groups -OCH3 is 1. The number of hydrogen-bond acceptors (Lipinski definition) is 4. The molecule has 1 aromatic rings. The van der Waals surface area contributed by atoms with Crippen molar-refractivity contribution in [3.63, 3.8) is 0 Å². The van der Waals surface area contributed by atoms with E-state index in [1.54, 1.807) is 19.2 Å². The van der Waals surface area contributed by atoms with E-state index in [9.17, 15) is 18.0 Å². The van der Waals surface area contributed by atoms with Gasteiger partial charge in [-0.05, 0) is 37.1 Å². The van der Waals surface area contributed by atoms with Gasteiger partial charge in [-0.2, -0.15) is 13.2 Å². The standard InChI is InChI=1S/C23H36F3NO3/c1-29-18-11-19-30-22(28)20-12-14-21(15-13-20)27-17-10-8-6-4-2-3-5-7-9-16-23(24,25)26/h12-15,27H,2-11,16-19H2,1H3. The summed E-state index contributed by atoms with van der Waals surface area (Å²) >= 11 is 0. The van der Waals surface area contributed by atoms with Crippen molar-refractivity contribution in [2.24, 2.45) is 0 Å². The average molecular weight is 432 g/mol. The van der Waals surface area contributed by atoms with Crippen molar-refractivity contribution < 1.29 is 27.4 Å². The number of alkyl halides is 3. The van der Waals surface area contributed by atoms with Crippen molar-refractivity contribution in [2.75, 3.05) is 32.2 Å². The van der Waals surface area contributed by atoms with Gasteiger partial charge in [0.25, 0.3) is 0 Å². The molecule has 0 spiro atoms. The van der Waals surface area contributed by atoms with Gasteiger partial charge in [0, 0.05) is 38.8 Å². The third-order valence-corrected chi connectivity index (χ3v) is 4.81. The van der Waals surface area contributed by atoms with E-state index in [4.69, 9.17) is 9.47 Å². The second-order valence-corrected chi connectivity index (χ2v) is 7.53. The van der Waals surface area contributed by atoms with Gasteiger partial charge in [-0.25, -0.2) is 4.79 Å². The van der Waals surface area contributed by atoms with Crippen LogP contribution in [-0.2, 0) is 9.47 Å². The summed E-state index contributed by atoms with van der Waals surface area (Å²) in [4.78, 5) is 11.9. The molecule has 0 atom stereocenters. The second-order valence-electron chi connectivity index (χ2n) is 7.53. The number of carbonyl (C=O) groups excluding carboxylic acids is 1. The summed E-state index contributed by atoms with van der Waals surface area (Å²) in [5.74, 6) is -0.321. The lowest BCUT2D eigenvalue weighted by atomic mass is 10.1. The Kier molecular flexibility index (Phi) is 14.0. The molecule has 0 saturated heterocycles. The van der Waals surface area contributed by atoms with Crippen LogP contribution in [-0.4, -0.2) is 39.0 Å². The maximum absolute atomic E-state index is 12.0. The Hall–Kier alpha value is -1.76. The highest BCUT2D eigenvalue weighted by Crippen LogP contribution is 2.23. The molecule has 4 nitrogen and oxygen atoms in total. The fourth-order valence-electron chi connectivity index (χ4n) is 3.10. The van der Waals surface area contributed by atoms with Crippen molar-refractivity contribution in [3.8, 4) is 0 Å². The third kappa shape index (κ3) is 14.3. The first-order valence-electron chi connectivity index (χ1n) is 11.0. The molecule has 0 amide bonds. The number of carbonyl (C=O) groups is 1. The molecular weight excluding hydrogens is 395 g/mol. The predicted molar refractivity (Wildman–Crippen MR) is 114 cm³/mol. The summed E-state index contributed by atoms with van der Waals surface area (Å²) in [7, 11) is 1.61. The Balaban J connectivity index is 1.98. The zero-order valence-electron chi connectivity index (χ0n) is 18.1. The molecule has 0 aliphatic carbocycles. The first-order valence-corrected chi connectivity index (χ1v) is 11.0. The third-order valence-electron chi connectivity index (χ3n) is 4.81. The minimum absolute atomic E-state index is 0.256. The van der Waals surface area contributed by atoms with Crippen LogP contribution >= 0.6 is 0 Å². The summed E-state index contributed by atoms with van der Waals surface area (Å²) in [5, 5.41) is 3.35. The number of ether oxygens (including phenoxy) is 2. The number of unbranched alkanes of at least 4 members (excludes halogenated alkanes) is 8. The van der Waals surface area contributed by atoms with Gasteiger partial charge in [0.1, 0.15) is 0 Å². The van der Waals surface area contributed by atoms with Crippen LogP contribution in [0.4, 0.5) is 18.9 Å². The van der Waals surface area contributed by atoms with E-state index in [1.807, 2.05) is 12.1 Å². The highest BCUT2D eigenvalue weighted by Gasteiger charge is 2.25. The molecule has 0 unspecified atom stereocenters. The first-order chi connectivity index (χ1) is 14.4. The van der Waals surface area contributed by atoms with Gasteiger partial charge in [-0.15, -0.1) is 0 Å². The van der Waals surface area contributed by atoms with E-state index < -0.39 is 12.6 Å². The van der Waals surface area contributed by atoms with Crippen LogP contribution in [0.25, 0.3) is 0 Å². The summed E-state index contributed by atoms with van der Waals surface area (Å²) in [5.41, 5.74) is 1.51. The highest BCUT2D eigenvalue weighted by molar-refractivity contribution is 5.89. The summed E-state index contributed by atoms with van der Waals surface area (Å²) < 4.78 is 46.2. The van der Waals surface area contributed by atoms with Crippen LogP contribution in [0.1, 0.15) is 81.0 Å². The highest BCUT2D eigenvalue weighted by atomic mass is 19.4. The number of hydrogen-bond donors (Lipinski definition) is 1. The van der Waals surface area contributed by atoms with Crippen LogP contribution in [0, 0.1) is 0 Å². The Labute approximate surface area is 178 Å². The monoisotopic (exact) mass is 431 g/mol. The molecule has 30 heavy (non-hydrogen) atoms. The van der Waals surface area contributed by atoms with Gasteiger partial charge >= 0.3 is 12.1 Å². The summed E-state index contributed by atoms with van der Waals surface area (Å²) in [6, 6.07) is 7.28. The Morgan fingerprint density at radius 2 is 1.40 bits per heavy atom. The molecule has 7 heteroatoms. The molecule has 0 heterocycles. The molecule has 0 fully saturated rings. The molecule has 0 saturated carbocycles. The first kappa shape index (κ1) is 26.3. The number of nitrogens with one attached hydrogen (secondary N) is 1. The average Bonchev–Trinajstić information content (AvgIpc) is 2.71. The van der Waals surface area contributed by atoms with E-state index in [2.05, 4.69) is 5.32 Å². The molecule has 0 bridgehead atoms. The van der Waals surface area contributed by atoms with Gasteiger partial charge < -0.3 is 14.8 Å².